The molecule has 0 saturated heterocycles. The molecule has 0 spiro atoms. The summed E-state index contributed by atoms with van der Waals surface area (Å²) in [4.78, 5) is 11.6. The maximum absolute atomic E-state index is 13.7. The van der Waals surface area contributed by atoms with Gasteiger partial charge in [-0.25, -0.2) is 12.8 Å². The molecule has 4 nitrogen and oxygen atoms in total. The number of amides is 1. The summed E-state index contributed by atoms with van der Waals surface area (Å²) < 4.78 is 35.9. The maximum atomic E-state index is 13.7. The molecule has 2 saturated carbocycles. The van der Waals surface area contributed by atoms with Crippen molar-refractivity contribution in [1.82, 2.24) is 0 Å². The highest BCUT2D eigenvalue weighted by molar-refractivity contribution is 8.13. The van der Waals surface area contributed by atoms with Gasteiger partial charge in [-0.3, -0.25) is 4.79 Å². The Balaban J connectivity index is 1.71. The van der Waals surface area contributed by atoms with Gasteiger partial charge in [-0.2, -0.15) is 0 Å². The number of carbonyl (C=O) groups excluding carboxylic acids is 1. The standard InChI is InChI=1S/C14H15ClFNO3S/c15-21(19,20)12-6-5-8(7-11(12)16)17-14(18)13-9-3-1-2-4-10(9)13/h5-7,9-10,13H,1-4H2,(H,17,18). The number of benzene rings is 1. The first-order chi connectivity index (χ1) is 9.88. The molecule has 7 heteroatoms. The van der Waals surface area contributed by atoms with E-state index in [1.165, 1.54) is 18.9 Å². The Morgan fingerprint density at radius 1 is 1.24 bits per heavy atom. The Hall–Kier alpha value is -1.14. The van der Waals surface area contributed by atoms with Crippen molar-refractivity contribution < 1.29 is 17.6 Å². The van der Waals surface area contributed by atoms with Gasteiger partial charge in [0.15, 0.2) is 0 Å². The largest absolute Gasteiger partial charge is 0.326 e. The fourth-order valence-electron chi connectivity index (χ4n) is 3.38. The van der Waals surface area contributed by atoms with Crippen molar-refractivity contribution in [3.8, 4) is 0 Å². The van der Waals surface area contributed by atoms with E-state index in [-0.39, 0.29) is 17.5 Å². The summed E-state index contributed by atoms with van der Waals surface area (Å²) in [5.41, 5.74) is 0.255. The van der Waals surface area contributed by atoms with Crippen LogP contribution in [0.25, 0.3) is 0 Å². The summed E-state index contributed by atoms with van der Waals surface area (Å²) >= 11 is 0. The van der Waals surface area contributed by atoms with E-state index in [0.717, 1.165) is 25.0 Å². The lowest BCUT2D eigenvalue weighted by Crippen LogP contribution is -2.15. The van der Waals surface area contributed by atoms with E-state index in [4.69, 9.17) is 10.7 Å². The van der Waals surface area contributed by atoms with E-state index in [2.05, 4.69) is 5.32 Å². The van der Waals surface area contributed by atoms with Crippen LogP contribution >= 0.6 is 10.7 Å². The first kappa shape index (κ1) is 14.8. The molecule has 2 unspecified atom stereocenters. The van der Waals surface area contributed by atoms with Gasteiger partial charge >= 0.3 is 0 Å². The van der Waals surface area contributed by atoms with Gasteiger partial charge in [0.25, 0.3) is 9.05 Å². The number of hydrogen-bond donors (Lipinski definition) is 1. The second-order valence-electron chi connectivity index (χ2n) is 5.71. The molecule has 3 rings (SSSR count). The van der Waals surface area contributed by atoms with E-state index in [1.807, 2.05) is 0 Å². The van der Waals surface area contributed by atoms with Crippen molar-refractivity contribution in [3.05, 3.63) is 24.0 Å². The first-order valence-electron chi connectivity index (χ1n) is 6.93. The fourth-order valence-corrected chi connectivity index (χ4v) is 4.28. The third-order valence-electron chi connectivity index (χ3n) is 4.42. The predicted molar refractivity (Wildman–Crippen MR) is 77.0 cm³/mol. The van der Waals surface area contributed by atoms with Gasteiger partial charge in [-0.15, -0.1) is 0 Å². The van der Waals surface area contributed by atoms with Crippen molar-refractivity contribution in [2.24, 2.45) is 17.8 Å². The Bertz CT molecular complexity index is 679. The van der Waals surface area contributed by atoms with Crippen LogP contribution in [0.2, 0.25) is 0 Å². The minimum absolute atomic E-state index is 0.0204. The molecule has 1 aromatic carbocycles. The molecule has 114 valence electrons. The molecular formula is C14H15ClFNO3S. The lowest BCUT2D eigenvalue weighted by molar-refractivity contribution is -0.117. The van der Waals surface area contributed by atoms with Crippen LogP contribution in [0.4, 0.5) is 10.1 Å². The summed E-state index contributed by atoms with van der Waals surface area (Å²) in [7, 11) is 0.995. The lowest BCUT2D eigenvalue weighted by Gasteiger charge is -2.06. The van der Waals surface area contributed by atoms with Crippen molar-refractivity contribution in [3.63, 3.8) is 0 Å². The van der Waals surface area contributed by atoms with E-state index in [0.29, 0.717) is 11.8 Å². The summed E-state index contributed by atoms with van der Waals surface area (Å²) in [5.74, 6) is -0.118. The zero-order chi connectivity index (χ0) is 15.2. The molecule has 0 bridgehead atoms. The van der Waals surface area contributed by atoms with E-state index in [1.54, 1.807) is 0 Å². The quantitative estimate of drug-likeness (QED) is 0.865. The Morgan fingerprint density at radius 3 is 2.38 bits per heavy atom. The normalized spacial score (nSPS) is 27.8. The van der Waals surface area contributed by atoms with Crippen LogP contribution in [0.15, 0.2) is 23.1 Å². The molecule has 1 N–H and O–H groups in total. The number of carbonyl (C=O) groups is 1. The van der Waals surface area contributed by atoms with Crippen LogP contribution in [0.5, 0.6) is 0 Å². The third-order valence-corrected chi connectivity index (χ3v) is 5.78. The summed E-state index contributed by atoms with van der Waals surface area (Å²) in [6.07, 6.45) is 4.50. The summed E-state index contributed by atoms with van der Waals surface area (Å²) in [6, 6.07) is 3.40. The molecular weight excluding hydrogens is 317 g/mol. The molecule has 1 amide bonds. The molecule has 0 aliphatic heterocycles. The fraction of sp³-hybridized carbons (Fsp3) is 0.500. The average Bonchev–Trinajstić information content (AvgIpc) is 3.11. The van der Waals surface area contributed by atoms with Crippen LogP contribution < -0.4 is 5.32 Å². The molecule has 2 fully saturated rings. The monoisotopic (exact) mass is 331 g/mol. The molecule has 0 radical (unpaired) electrons. The van der Waals surface area contributed by atoms with Gasteiger partial charge in [0.1, 0.15) is 10.7 Å². The van der Waals surface area contributed by atoms with E-state index in [9.17, 15) is 17.6 Å². The lowest BCUT2D eigenvalue weighted by atomic mass is 10.0. The van der Waals surface area contributed by atoms with Crippen LogP contribution in [0, 0.1) is 23.6 Å². The molecule has 2 aliphatic rings. The number of halogens is 2. The van der Waals surface area contributed by atoms with Crippen molar-refractivity contribution in [2.75, 3.05) is 5.32 Å². The maximum Gasteiger partial charge on any atom is 0.264 e. The number of hydrogen-bond acceptors (Lipinski definition) is 3. The number of anilines is 1. The highest BCUT2D eigenvalue weighted by atomic mass is 35.7. The number of rotatable bonds is 3. The zero-order valence-electron chi connectivity index (χ0n) is 11.2. The minimum atomic E-state index is -4.12. The molecule has 21 heavy (non-hydrogen) atoms. The number of nitrogens with one attached hydrogen (secondary N) is 1. The third kappa shape index (κ3) is 2.92. The van der Waals surface area contributed by atoms with E-state index < -0.39 is 19.8 Å². The highest BCUT2D eigenvalue weighted by Gasteiger charge is 2.54. The molecule has 0 aromatic heterocycles. The van der Waals surface area contributed by atoms with Gasteiger partial charge in [0, 0.05) is 22.3 Å². The van der Waals surface area contributed by atoms with Crippen LogP contribution in [-0.4, -0.2) is 14.3 Å². The Kier molecular flexibility index (Phi) is 3.69. The molecule has 2 aliphatic carbocycles. The predicted octanol–water partition coefficient (Wildman–Crippen LogP) is 3.13. The zero-order valence-corrected chi connectivity index (χ0v) is 12.8. The molecule has 0 heterocycles. The van der Waals surface area contributed by atoms with Gasteiger partial charge in [0.05, 0.1) is 0 Å². The first-order valence-corrected chi connectivity index (χ1v) is 9.24. The SMILES string of the molecule is O=C(Nc1ccc(S(=O)(=O)Cl)c(F)c1)C1C2CCCCC21. The number of fused-ring (bicyclic) bond motifs is 1. The Morgan fingerprint density at radius 2 is 1.86 bits per heavy atom. The van der Waals surface area contributed by atoms with Gasteiger partial charge in [-0.05, 0) is 42.9 Å². The van der Waals surface area contributed by atoms with E-state index >= 15 is 0 Å². The van der Waals surface area contributed by atoms with Crippen molar-refractivity contribution in [1.29, 1.82) is 0 Å². The summed E-state index contributed by atoms with van der Waals surface area (Å²) in [5, 5.41) is 2.66. The second-order valence-corrected chi connectivity index (χ2v) is 8.24. The molecule has 2 atom stereocenters. The molecule has 1 aromatic rings. The van der Waals surface area contributed by atoms with Crippen LogP contribution in [0.3, 0.4) is 0 Å². The average molecular weight is 332 g/mol. The summed E-state index contributed by atoms with van der Waals surface area (Å²) in [6.45, 7) is 0. The minimum Gasteiger partial charge on any atom is -0.326 e. The smallest absolute Gasteiger partial charge is 0.264 e. The van der Waals surface area contributed by atoms with Crippen LogP contribution in [0.1, 0.15) is 25.7 Å². The van der Waals surface area contributed by atoms with Crippen LogP contribution in [-0.2, 0) is 13.8 Å². The van der Waals surface area contributed by atoms with Gasteiger partial charge in [-0.1, -0.05) is 12.8 Å². The van der Waals surface area contributed by atoms with Crippen molar-refractivity contribution in [2.45, 2.75) is 30.6 Å². The second kappa shape index (κ2) is 5.25. The van der Waals surface area contributed by atoms with Crippen molar-refractivity contribution >= 4 is 31.3 Å². The van der Waals surface area contributed by atoms with Gasteiger partial charge in [0.2, 0.25) is 5.91 Å². The Labute approximate surface area is 127 Å². The highest BCUT2D eigenvalue weighted by Crippen LogP contribution is 2.55. The van der Waals surface area contributed by atoms with Gasteiger partial charge < -0.3 is 5.32 Å². The topological polar surface area (TPSA) is 63.2 Å².